The van der Waals surface area contributed by atoms with E-state index in [2.05, 4.69) is 46.8 Å². The summed E-state index contributed by atoms with van der Waals surface area (Å²) in [7, 11) is -3.67. The minimum absolute atomic E-state index is 0.0390. The highest BCUT2D eigenvalue weighted by atomic mass is 32.2. The molecule has 0 bridgehead atoms. The predicted octanol–water partition coefficient (Wildman–Crippen LogP) is 3.66. The van der Waals surface area contributed by atoms with Gasteiger partial charge < -0.3 is 9.84 Å². The third kappa shape index (κ3) is 11.4. The summed E-state index contributed by atoms with van der Waals surface area (Å²) in [5.41, 5.74) is 1.79. The van der Waals surface area contributed by atoms with E-state index >= 15 is 0 Å². The summed E-state index contributed by atoms with van der Waals surface area (Å²) in [5, 5.41) is 8.98. The molecule has 0 saturated heterocycles. The van der Waals surface area contributed by atoms with Crippen molar-refractivity contribution in [3.05, 3.63) is 29.8 Å². The van der Waals surface area contributed by atoms with Crippen LogP contribution < -0.4 is 4.74 Å². The zero-order valence-corrected chi connectivity index (χ0v) is 16.6. The van der Waals surface area contributed by atoms with Crippen molar-refractivity contribution in [3.63, 3.8) is 0 Å². The average Bonchev–Trinajstić information content (AvgIpc) is 2.34. The van der Waals surface area contributed by atoms with Crippen molar-refractivity contribution in [2.24, 2.45) is 5.41 Å². The van der Waals surface area contributed by atoms with E-state index in [0.717, 1.165) is 12.2 Å². The first-order valence-electron chi connectivity index (χ1n) is 7.94. The quantitative estimate of drug-likeness (QED) is 0.783. The Morgan fingerprint density at radius 2 is 1.50 bits per heavy atom. The van der Waals surface area contributed by atoms with Gasteiger partial charge in [0.15, 0.2) is 0 Å². The molecule has 140 valence electrons. The summed E-state index contributed by atoms with van der Waals surface area (Å²) in [4.78, 5) is 0. The maximum atomic E-state index is 9.19. The molecule has 0 aromatic heterocycles. The second-order valence-corrected chi connectivity index (χ2v) is 9.46. The summed E-state index contributed by atoms with van der Waals surface area (Å²) in [6.07, 6.45) is 1.69. The average molecular weight is 361 g/mol. The van der Waals surface area contributed by atoms with Crippen LogP contribution in [-0.2, 0) is 15.5 Å². The van der Waals surface area contributed by atoms with Crippen LogP contribution in [-0.4, -0.2) is 37.0 Å². The maximum absolute atomic E-state index is 9.19. The van der Waals surface area contributed by atoms with Gasteiger partial charge >= 0.3 is 0 Å². The van der Waals surface area contributed by atoms with E-state index in [1.165, 1.54) is 5.56 Å². The van der Waals surface area contributed by atoms with Gasteiger partial charge in [0.2, 0.25) is 0 Å². The minimum atomic E-state index is -3.67. The van der Waals surface area contributed by atoms with Gasteiger partial charge in [-0.05, 0) is 41.9 Å². The normalized spacial score (nSPS) is 13.7. The van der Waals surface area contributed by atoms with Crippen LogP contribution in [0, 0.1) is 5.41 Å². The molecule has 1 rings (SSSR count). The highest BCUT2D eigenvalue weighted by Crippen LogP contribution is 2.36. The standard InChI is InChI=1S/C17H28O2.CH4O3S/c1-13(11-18)19-15-9-7-14(8-10-15)17(5,6)12-16(2,3)4;1-5(2,3)4/h7-10,13,18H,11-12H2,1-6H3;1H3,(H,2,3,4). The number of rotatable bonds is 5. The topological polar surface area (TPSA) is 83.8 Å². The van der Waals surface area contributed by atoms with Gasteiger partial charge in [-0.3, -0.25) is 4.55 Å². The Kier molecular flexibility index (Phi) is 8.42. The fourth-order valence-corrected chi connectivity index (χ4v) is 2.68. The smallest absolute Gasteiger partial charge is 0.261 e. The molecule has 0 aliphatic rings. The van der Waals surface area contributed by atoms with E-state index in [-0.39, 0.29) is 18.1 Å². The number of hydrogen-bond donors (Lipinski definition) is 2. The Bertz CT molecular complexity index is 575. The Morgan fingerprint density at radius 1 is 1.08 bits per heavy atom. The van der Waals surface area contributed by atoms with Gasteiger partial charge in [-0.15, -0.1) is 0 Å². The first-order valence-corrected chi connectivity index (χ1v) is 9.79. The molecule has 6 heteroatoms. The minimum Gasteiger partial charge on any atom is -0.488 e. The van der Waals surface area contributed by atoms with E-state index in [4.69, 9.17) is 14.4 Å². The Hall–Kier alpha value is -1.11. The van der Waals surface area contributed by atoms with Crippen LogP contribution >= 0.6 is 0 Å². The van der Waals surface area contributed by atoms with Crippen molar-refractivity contribution >= 4 is 10.1 Å². The number of hydrogen-bond acceptors (Lipinski definition) is 4. The molecule has 5 nitrogen and oxygen atoms in total. The summed E-state index contributed by atoms with van der Waals surface area (Å²) >= 11 is 0. The van der Waals surface area contributed by atoms with Gasteiger partial charge in [-0.25, -0.2) is 0 Å². The second-order valence-electron chi connectivity index (χ2n) is 7.99. The SMILES string of the molecule is CC(CO)Oc1ccc(C(C)(C)CC(C)(C)C)cc1.CS(=O)(=O)O. The van der Waals surface area contributed by atoms with Crippen molar-refractivity contribution < 1.29 is 22.8 Å². The van der Waals surface area contributed by atoms with Crippen LogP contribution in [0.4, 0.5) is 0 Å². The molecule has 1 aromatic rings. The molecule has 2 N–H and O–H groups in total. The molecule has 0 saturated carbocycles. The fraction of sp³-hybridized carbons (Fsp3) is 0.667. The van der Waals surface area contributed by atoms with Gasteiger partial charge in [0.25, 0.3) is 10.1 Å². The molecule has 1 aromatic carbocycles. The molecular formula is C18H32O5S. The lowest BCUT2D eigenvalue weighted by atomic mass is 9.72. The predicted molar refractivity (Wildman–Crippen MR) is 98.2 cm³/mol. The molecule has 1 unspecified atom stereocenters. The molecule has 0 fully saturated rings. The lowest BCUT2D eigenvalue weighted by Crippen LogP contribution is -2.24. The van der Waals surface area contributed by atoms with Crippen molar-refractivity contribution in [1.82, 2.24) is 0 Å². The van der Waals surface area contributed by atoms with Crippen molar-refractivity contribution in [1.29, 1.82) is 0 Å². The van der Waals surface area contributed by atoms with Crippen LogP contribution in [0.3, 0.4) is 0 Å². The van der Waals surface area contributed by atoms with Crippen LogP contribution in [0.25, 0.3) is 0 Å². The molecule has 0 aliphatic carbocycles. The van der Waals surface area contributed by atoms with E-state index in [1.54, 1.807) is 0 Å². The van der Waals surface area contributed by atoms with Gasteiger partial charge in [0.1, 0.15) is 11.9 Å². The van der Waals surface area contributed by atoms with Crippen LogP contribution in [0.1, 0.15) is 53.5 Å². The number of aliphatic hydroxyl groups excluding tert-OH is 1. The summed E-state index contributed by atoms with van der Waals surface area (Å²) in [6, 6.07) is 8.24. The molecule has 0 heterocycles. The van der Waals surface area contributed by atoms with E-state index < -0.39 is 10.1 Å². The van der Waals surface area contributed by atoms with Gasteiger partial charge in [0, 0.05) is 0 Å². The third-order valence-electron chi connectivity index (χ3n) is 3.20. The first-order chi connectivity index (χ1) is 10.6. The zero-order chi connectivity index (χ0) is 19.2. The molecule has 0 amide bonds. The van der Waals surface area contributed by atoms with Crippen LogP contribution in [0.2, 0.25) is 0 Å². The number of benzene rings is 1. The summed E-state index contributed by atoms with van der Waals surface area (Å²) in [6.45, 7) is 13.3. The molecule has 0 radical (unpaired) electrons. The van der Waals surface area contributed by atoms with Crippen molar-refractivity contribution in [2.75, 3.05) is 12.9 Å². The Morgan fingerprint density at radius 3 is 1.83 bits per heavy atom. The Balaban J connectivity index is 0.000000922. The molecule has 0 spiro atoms. The van der Waals surface area contributed by atoms with E-state index in [0.29, 0.717) is 11.7 Å². The highest BCUT2D eigenvalue weighted by Gasteiger charge is 2.27. The van der Waals surface area contributed by atoms with Gasteiger partial charge in [-0.2, -0.15) is 8.42 Å². The first kappa shape index (κ1) is 22.9. The van der Waals surface area contributed by atoms with Gasteiger partial charge in [-0.1, -0.05) is 46.8 Å². The summed E-state index contributed by atoms with van der Waals surface area (Å²) in [5.74, 6) is 0.817. The maximum Gasteiger partial charge on any atom is 0.261 e. The Labute approximate surface area is 146 Å². The van der Waals surface area contributed by atoms with Crippen LogP contribution in [0.15, 0.2) is 24.3 Å². The lowest BCUT2D eigenvalue weighted by Gasteiger charge is -2.33. The molecular weight excluding hydrogens is 328 g/mol. The third-order valence-corrected chi connectivity index (χ3v) is 3.20. The van der Waals surface area contributed by atoms with E-state index in [1.807, 2.05) is 19.1 Å². The number of aliphatic hydroxyl groups is 1. The highest BCUT2D eigenvalue weighted by molar-refractivity contribution is 7.85. The lowest BCUT2D eigenvalue weighted by molar-refractivity contribution is 0.129. The second kappa shape index (κ2) is 8.83. The summed E-state index contributed by atoms with van der Waals surface area (Å²) < 4.78 is 31.5. The molecule has 1 atom stereocenters. The molecule has 0 aliphatic heterocycles. The monoisotopic (exact) mass is 360 g/mol. The van der Waals surface area contributed by atoms with E-state index in [9.17, 15) is 8.42 Å². The van der Waals surface area contributed by atoms with Crippen molar-refractivity contribution in [2.45, 2.75) is 59.5 Å². The largest absolute Gasteiger partial charge is 0.488 e. The van der Waals surface area contributed by atoms with Crippen LogP contribution in [0.5, 0.6) is 5.75 Å². The van der Waals surface area contributed by atoms with Crippen molar-refractivity contribution in [3.8, 4) is 5.75 Å². The number of ether oxygens (including phenoxy) is 1. The zero-order valence-electron chi connectivity index (χ0n) is 15.8. The van der Waals surface area contributed by atoms with Gasteiger partial charge in [0.05, 0.1) is 12.9 Å². The fourth-order valence-electron chi connectivity index (χ4n) is 2.68. The molecule has 24 heavy (non-hydrogen) atoms.